The van der Waals surface area contributed by atoms with Gasteiger partial charge in [-0.15, -0.1) is 0 Å². The molecule has 1 fully saturated rings. The molecule has 1 aliphatic rings. The van der Waals surface area contributed by atoms with Gasteiger partial charge in [0.2, 0.25) is 0 Å². The zero-order chi connectivity index (χ0) is 11.8. The monoisotopic (exact) mass is 240 g/mol. The summed E-state index contributed by atoms with van der Waals surface area (Å²) in [6.07, 6.45) is 1.55. The first-order valence-corrected chi connectivity index (χ1v) is 6.59. The van der Waals surface area contributed by atoms with Crippen molar-refractivity contribution in [2.24, 2.45) is 0 Å². The minimum absolute atomic E-state index is 0.153. The minimum Gasteiger partial charge on any atom is -0.387 e. The fourth-order valence-corrected chi connectivity index (χ4v) is 3.63. The van der Waals surface area contributed by atoms with Crippen LogP contribution in [0.3, 0.4) is 0 Å². The Hall–Kier alpha value is -0.540. The summed E-state index contributed by atoms with van der Waals surface area (Å²) in [5, 5.41) is 10.3. The second kappa shape index (κ2) is 4.38. The van der Waals surface area contributed by atoms with E-state index in [-0.39, 0.29) is 10.6 Å². The molecule has 16 heavy (non-hydrogen) atoms. The number of aliphatic hydroxyl groups is 1. The van der Waals surface area contributed by atoms with E-state index in [2.05, 4.69) is 6.92 Å². The highest BCUT2D eigenvalue weighted by atomic mass is 32.2. The lowest BCUT2D eigenvalue weighted by Crippen LogP contribution is -2.26. The summed E-state index contributed by atoms with van der Waals surface area (Å²) in [4.78, 5) is 0. The van der Waals surface area contributed by atoms with Gasteiger partial charge in [0.05, 0.1) is 6.10 Å². The van der Waals surface area contributed by atoms with Crippen LogP contribution in [0.1, 0.15) is 37.0 Å². The normalized spacial score (nSPS) is 27.0. The number of benzene rings is 1. The first kappa shape index (κ1) is 11.9. The molecule has 0 spiro atoms. The van der Waals surface area contributed by atoms with Crippen molar-refractivity contribution in [1.82, 2.24) is 0 Å². The van der Waals surface area contributed by atoms with E-state index in [0.29, 0.717) is 5.56 Å². The van der Waals surface area contributed by atoms with Crippen molar-refractivity contribution in [3.05, 3.63) is 35.1 Å². The van der Waals surface area contributed by atoms with Crippen LogP contribution in [-0.4, -0.2) is 15.6 Å². The molecular formula is C13H17FOS. The summed E-state index contributed by atoms with van der Waals surface area (Å²) in [5.41, 5.74) is 1.56. The van der Waals surface area contributed by atoms with E-state index in [1.54, 1.807) is 11.8 Å². The molecule has 1 aromatic carbocycles. The smallest absolute Gasteiger partial charge is 0.123 e. The molecule has 1 heterocycles. The van der Waals surface area contributed by atoms with Crippen LogP contribution in [-0.2, 0) is 0 Å². The Balaban J connectivity index is 2.29. The average Bonchev–Trinajstić information content (AvgIpc) is 2.64. The second-order valence-electron chi connectivity index (χ2n) is 4.73. The summed E-state index contributed by atoms with van der Waals surface area (Å²) in [5.74, 6) is 0.822. The number of hydrogen-bond acceptors (Lipinski definition) is 2. The molecule has 2 atom stereocenters. The maximum atomic E-state index is 13.3. The van der Waals surface area contributed by atoms with Gasteiger partial charge in [0.1, 0.15) is 5.82 Å². The maximum Gasteiger partial charge on any atom is 0.123 e. The molecule has 0 aliphatic carbocycles. The largest absolute Gasteiger partial charge is 0.387 e. The van der Waals surface area contributed by atoms with Crippen LogP contribution < -0.4 is 0 Å². The number of hydrogen-bond donors (Lipinski definition) is 1. The van der Waals surface area contributed by atoms with Gasteiger partial charge in [-0.3, -0.25) is 0 Å². The van der Waals surface area contributed by atoms with Crippen LogP contribution in [0, 0.1) is 12.7 Å². The topological polar surface area (TPSA) is 20.2 Å². The number of aliphatic hydroxyl groups excluding tert-OH is 1. The number of thioether (sulfide) groups is 1. The van der Waals surface area contributed by atoms with Crippen molar-refractivity contribution < 1.29 is 9.50 Å². The number of rotatable bonds is 2. The van der Waals surface area contributed by atoms with E-state index in [1.807, 2.05) is 13.0 Å². The lowest BCUT2D eigenvalue weighted by Gasteiger charge is -2.29. The summed E-state index contributed by atoms with van der Waals surface area (Å²) in [7, 11) is 0. The zero-order valence-electron chi connectivity index (χ0n) is 9.66. The molecular weight excluding hydrogens is 223 g/mol. The second-order valence-corrected chi connectivity index (χ2v) is 6.36. The highest BCUT2D eigenvalue weighted by molar-refractivity contribution is 8.00. The summed E-state index contributed by atoms with van der Waals surface area (Å²) >= 11 is 1.79. The molecule has 0 saturated carbocycles. The van der Waals surface area contributed by atoms with E-state index in [4.69, 9.17) is 0 Å². The summed E-state index contributed by atoms with van der Waals surface area (Å²) in [6, 6.07) is 4.81. The quantitative estimate of drug-likeness (QED) is 0.854. The molecule has 1 aliphatic heterocycles. The Bertz CT molecular complexity index is 365. The fraction of sp³-hybridized carbons (Fsp3) is 0.538. The van der Waals surface area contributed by atoms with Crippen LogP contribution in [0.25, 0.3) is 0 Å². The van der Waals surface area contributed by atoms with Gasteiger partial charge in [0.15, 0.2) is 0 Å². The number of halogens is 1. The van der Waals surface area contributed by atoms with Gasteiger partial charge in [0.25, 0.3) is 0 Å². The Morgan fingerprint density at radius 1 is 1.44 bits per heavy atom. The van der Waals surface area contributed by atoms with E-state index < -0.39 is 6.10 Å². The van der Waals surface area contributed by atoms with Crippen molar-refractivity contribution >= 4 is 11.8 Å². The third kappa shape index (κ3) is 2.25. The molecule has 0 amide bonds. The highest BCUT2D eigenvalue weighted by Crippen LogP contribution is 2.46. The van der Waals surface area contributed by atoms with Crippen LogP contribution in [0.4, 0.5) is 4.39 Å². The standard InChI is InChI=1S/C13H17FOS/c1-9-6-10(8-11(14)7-9)12(15)13(2)4-3-5-16-13/h6-8,12,15H,3-5H2,1-2H3. The van der Waals surface area contributed by atoms with E-state index >= 15 is 0 Å². The molecule has 1 aromatic rings. The van der Waals surface area contributed by atoms with Gasteiger partial charge in [-0.1, -0.05) is 6.07 Å². The minimum atomic E-state index is -0.575. The first-order chi connectivity index (χ1) is 7.51. The maximum absolute atomic E-state index is 13.3. The Morgan fingerprint density at radius 2 is 2.19 bits per heavy atom. The summed E-state index contributed by atoms with van der Waals surface area (Å²) in [6.45, 7) is 3.92. The van der Waals surface area contributed by atoms with Gasteiger partial charge in [-0.25, -0.2) is 4.39 Å². The molecule has 1 saturated heterocycles. The average molecular weight is 240 g/mol. The van der Waals surface area contributed by atoms with Crippen LogP contribution in [0.2, 0.25) is 0 Å². The van der Waals surface area contributed by atoms with Crippen molar-refractivity contribution in [2.75, 3.05) is 5.75 Å². The van der Waals surface area contributed by atoms with Gasteiger partial charge in [0, 0.05) is 4.75 Å². The molecule has 3 heteroatoms. The Labute approximate surface area is 100 Å². The molecule has 88 valence electrons. The van der Waals surface area contributed by atoms with Crippen molar-refractivity contribution in [3.63, 3.8) is 0 Å². The zero-order valence-corrected chi connectivity index (χ0v) is 10.5. The van der Waals surface area contributed by atoms with E-state index in [0.717, 1.165) is 24.2 Å². The van der Waals surface area contributed by atoms with Crippen molar-refractivity contribution in [2.45, 2.75) is 37.5 Å². The lowest BCUT2D eigenvalue weighted by molar-refractivity contribution is 0.134. The van der Waals surface area contributed by atoms with E-state index in [9.17, 15) is 9.50 Å². The molecule has 0 radical (unpaired) electrons. The van der Waals surface area contributed by atoms with Crippen molar-refractivity contribution in [1.29, 1.82) is 0 Å². The predicted molar refractivity (Wildman–Crippen MR) is 66.2 cm³/mol. The predicted octanol–water partition coefficient (Wildman–Crippen LogP) is 3.45. The van der Waals surface area contributed by atoms with Gasteiger partial charge in [-0.2, -0.15) is 11.8 Å². The Kier molecular flexibility index (Phi) is 3.27. The molecule has 0 bridgehead atoms. The van der Waals surface area contributed by atoms with Crippen LogP contribution in [0.5, 0.6) is 0 Å². The third-order valence-electron chi connectivity index (χ3n) is 3.21. The molecule has 0 aromatic heterocycles. The van der Waals surface area contributed by atoms with Crippen molar-refractivity contribution in [3.8, 4) is 0 Å². The third-order valence-corrected chi connectivity index (χ3v) is 4.79. The SMILES string of the molecule is Cc1cc(F)cc(C(O)C2(C)CCCS2)c1. The number of aryl methyl sites for hydroxylation is 1. The Morgan fingerprint density at radius 3 is 2.75 bits per heavy atom. The van der Waals surface area contributed by atoms with Gasteiger partial charge >= 0.3 is 0 Å². The molecule has 1 N–H and O–H groups in total. The molecule has 2 rings (SSSR count). The highest BCUT2D eigenvalue weighted by Gasteiger charge is 2.37. The van der Waals surface area contributed by atoms with Gasteiger partial charge in [-0.05, 0) is 55.7 Å². The van der Waals surface area contributed by atoms with Gasteiger partial charge < -0.3 is 5.11 Å². The van der Waals surface area contributed by atoms with E-state index in [1.165, 1.54) is 12.1 Å². The fourth-order valence-electron chi connectivity index (χ4n) is 2.29. The summed E-state index contributed by atoms with van der Waals surface area (Å²) < 4.78 is 13.1. The van der Waals surface area contributed by atoms with Crippen LogP contribution >= 0.6 is 11.8 Å². The molecule has 1 nitrogen and oxygen atoms in total. The first-order valence-electron chi connectivity index (χ1n) is 5.60. The lowest BCUT2D eigenvalue weighted by atomic mass is 9.92. The molecule has 2 unspecified atom stereocenters. The van der Waals surface area contributed by atoms with Crippen LogP contribution in [0.15, 0.2) is 18.2 Å².